The lowest BCUT2D eigenvalue weighted by molar-refractivity contribution is 0.414. The molecule has 2 rings (SSSR count). The van der Waals surface area contributed by atoms with Gasteiger partial charge in [-0.3, -0.25) is 0 Å². The Bertz CT molecular complexity index is 346. The lowest BCUT2D eigenvalue weighted by Gasteiger charge is -2.25. The van der Waals surface area contributed by atoms with Gasteiger partial charge in [0.15, 0.2) is 0 Å². The number of hydrogen-bond acceptors (Lipinski definition) is 3. The highest BCUT2D eigenvalue weighted by atomic mass is 16.5. The molecule has 16 heavy (non-hydrogen) atoms. The minimum atomic E-state index is 0.605. The Labute approximate surface area is 97.2 Å². The number of nitrogens with one attached hydrogen (secondary N) is 2. The van der Waals surface area contributed by atoms with E-state index >= 15 is 0 Å². The topological polar surface area (TPSA) is 33.3 Å². The van der Waals surface area contributed by atoms with Crippen molar-refractivity contribution in [2.24, 2.45) is 0 Å². The highest BCUT2D eigenvalue weighted by molar-refractivity contribution is 5.54. The average Bonchev–Trinajstić information content (AvgIpc) is 2.33. The van der Waals surface area contributed by atoms with E-state index < -0.39 is 0 Å². The largest absolute Gasteiger partial charge is 0.497 e. The maximum absolute atomic E-state index is 5.20. The molecule has 1 saturated heterocycles. The quantitative estimate of drug-likeness (QED) is 0.819. The first-order valence-corrected chi connectivity index (χ1v) is 5.91. The fraction of sp³-hybridized carbons (Fsp3) is 0.538. The van der Waals surface area contributed by atoms with Crippen LogP contribution in [0.15, 0.2) is 18.2 Å². The summed E-state index contributed by atoms with van der Waals surface area (Å²) in [6, 6.07) is 6.80. The summed E-state index contributed by atoms with van der Waals surface area (Å²) >= 11 is 0. The molecule has 1 fully saturated rings. The van der Waals surface area contributed by atoms with Crippen molar-refractivity contribution in [1.29, 1.82) is 0 Å². The molecular weight excluding hydrogens is 200 g/mol. The van der Waals surface area contributed by atoms with Crippen LogP contribution < -0.4 is 15.4 Å². The number of aryl methyl sites for hydroxylation is 1. The molecule has 0 radical (unpaired) electrons. The number of hydrogen-bond donors (Lipinski definition) is 2. The van der Waals surface area contributed by atoms with Crippen molar-refractivity contribution >= 4 is 5.69 Å². The molecule has 1 aromatic rings. The van der Waals surface area contributed by atoms with Gasteiger partial charge < -0.3 is 15.4 Å². The normalized spacial score (nSPS) is 17.1. The lowest BCUT2D eigenvalue weighted by Crippen LogP contribution is -2.35. The van der Waals surface area contributed by atoms with Gasteiger partial charge in [-0.25, -0.2) is 0 Å². The van der Waals surface area contributed by atoms with Crippen LogP contribution in [0.2, 0.25) is 0 Å². The highest BCUT2D eigenvalue weighted by Gasteiger charge is 2.13. The van der Waals surface area contributed by atoms with Crippen LogP contribution in [0.1, 0.15) is 18.4 Å². The molecule has 0 unspecified atom stereocenters. The van der Waals surface area contributed by atoms with Crippen molar-refractivity contribution in [3.8, 4) is 5.75 Å². The Morgan fingerprint density at radius 3 is 2.69 bits per heavy atom. The summed E-state index contributed by atoms with van der Waals surface area (Å²) in [5.74, 6) is 0.924. The number of piperidine rings is 1. The molecule has 0 spiro atoms. The Kier molecular flexibility index (Phi) is 3.67. The molecule has 3 nitrogen and oxygen atoms in total. The molecule has 3 heteroatoms. The average molecular weight is 220 g/mol. The van der Waals surface area contributed by atoms with Gasteiger partial charge in [-0.15, -0.1) is 0 Å². The van der Waals surface area contributed by atoms with Gasteiger partial charge >= 0.3 is 0 Å². The van der Waals surface area contributed by atoms with E-state index in [1.54, 1.807) is 7.11 Å². The van der Waals surface area contributed by atoms with Gasteiger partial charge in [0, 0.05) is 11.7 Å². The molecule has 0 saturated carbocycles. The standard InChI is InChI=1S/C13H20N2O/c1-10-9-12(16-2)3-4-13(10)15-11-5-7-14-8-6-11/h3-4,9,11,14-15H,5-8H2,1-2H3. The third-order valence-corrected chi connectivity index (χ3v) is 3.13. The van der Waals surface area contributed by atoms with Gasteiger partial charge in [0.25, 0.3) is 0 Å². The van der Waals surface area contributed by atoms with Crippen LogP contribution in [0.5, 0.6) is 5.75 Å². The first-order valence-electron chi connectivity index (χ1n) is 5.91. The van der Waals surface area contributed by atoms with E-state index in [0.717, 1.165) is 18.8 Å². The second kappa shape index (κ2) is 5.21. The number of benzene rings is 1. The summed E-state index contributed by atoms with van der Waals surface area (Å²) in [7, 11) is 1.70. The molecule has 1 heterocycles. The summed E-state index contributed by atoms with van der Waals surface area (Å²) < 4.78 is 5.20. The maximum atomic E-state index is 5.20. The molecule has 88 valence electrons. The Hall–Kier alpha value is -1.22. The van der Waals surface area contributed by atoms with Gasteiger partial charge in [0.2, 0.25) is 0 Å². The lowest BCUT2D eigenvalue weighted by atomic mass is 10.1. The van der Waals surface area contributed by atoms with Gasteiger partial charge in [-0.1, -0.05) is 0 Å². The monoisotopic (exact) mass is 220 g/mol. The van der Waals surface area contributed by atoms with Gasteiger partial charge in [-0.2, -0.15) is 0 Å². The molecule has 1 aromatic carbocycles. The minimum absolute atomic E-state index is 0.605. The van der Waals surface area contributed by atoms with Crippen molar-refractivity contribution in [1.82, 2.24) is 5.32 Å². The number of methoxy groups -OCH3 is 1. The van der Waals surface area contributed by atoms with Crippen molar-refractivity contribution in [2.45, 2.75) is 25.8 Å². The van der Waals surface area contributed by atoms with Crippen LogP contribution in [0.25, 0.3) is 0 Å². The van der Waals surface area contributed by atoms with E-state index in [1.807, 2.05) is 6.07 Å². The van der Waals surface area contributed by atoms with Crippen LogP contribution in [0.4, 0.5) is 5.69 Å². The van der Waals surface area contributed by atoms with Gasteiger partial charge in [0.05, 0.1) is 7.11 Å². The summed E-state index contributed by atoms with van der Waals surface area (Å²) in [4.78, 5) is 0. The summed E-state index contributed by atoms with van der Waals surface area (Å²) in [6.45, 7) is 4.35. The van der Waals surface area contributed by atoms with Gasteiger partial charge in [0.1, 0.15) is 5.75 Å². The molecule has 0 atom stereocenters. The van der Waals surface area contributed by atoms with Crippen LogP contribution in [0, 0.1) is 6.92 Å². The molecule has 0 aromatic heterocycles. The van der Waals surface area contributed by atoms with E-state index in [0.29, 0.717) is 6.04 Å². The third kappa shape index (κ3) is 2.67. The van der Waals surface area contributed by atoms with Crippen molar-refractivity contribution < 1.29 is 4.74 Å². The van der Waals surface area contributed by atoms with Crippen LogP contribution in [0.3, 0.4) is 0 Å². The highest BCUT2D eigenvalue weighted by Crippen LogP contribution is 2.22. The van der Waals surface area contributed by atoms with Crippen molar-refractivity contribution in [2.75, 3.05) is 25.5 Å². The van der Waals surface area contributed by atoms with Gasteiger partial charge in [-0.05, 0) is 56.6 Å². The second-order valence-corrected chi connectivity index (χ2v) is 4.35. The first kappa shape index (κ1) is 11.3. The van der Waals surface area contributed by atoms with E-state index in [9.17, 15) is 0 Å². The summed E-state index contributed by atoms with van der Waals surface area (Å²) in [5, 5.41) is 6.98. The van der Waals surface area contributed by atoms with E-state index in [4.69, 9.17) is 4.74 Å². The zero-order valence-electron chi connectivity index (χ0n) is 10.0. The number of rotatable bonds is 3. The number of ether oxygens (including phenoxy) is 1. The second-order valence-electron chi connectivity index (χ2n) is 4.35. The van der Waals surface area contributed by atoms with Crippen LogP contribution >= 0.6 is 0 Å². The molecule has 0 aliphatic carbocycles. The predicted molar refractivity (Wildman–Crippen MR) is 67.2 cm³/mol. The predicted octanol–water partition coefficient (Wildman–Crippen LogP) is 2.17. The zero-order chi connectivity index (χ0) is 11.4. The molecular formula is C13H20N2O. The Balaban J connectivity index is 2.03. The Morgan fingerprint density at radius 2 is 2.06 bits per heavy atom. The summed E-state index contributed by atoms with van der Waals surface area (Å²) in [5.41, 5.74) is 2.48. The van der Waals surface area contributed by atoms with Crippen molar-refractivity contribution in [3.63, 3.8) is 0 Å². The zero-order valence-corrected chi connectivity index (χ0v) is 10.0. The first-order chi connectivity index (χ1) is 7.79. The maximum Gasteiger partial charge on any atom is 0.119 e. The van der Waals surface area contributed by atoms with E-state index in [1.165, 1.54) is 24.1 Å². The van der Waals surface area contributed by atoms with E-state index in [2.05, 4.69) is 29.7 Å². The fourth-order valence-electron chi connectivity index (χ4n) is 2.11. The molecule has 0 bridgehead atoms. The minimum Gasteiger partial charge on any atom is -0.497 e. The van der Waals surface area contributed by atoms with Crippen LogP contribution in [-0.4, -0.2) is 26.2 Å². The van der Waals surface area contributed by atoms with Crippen LogP contribution in [-0.2, 0) is 0 Å². The number of anilines is 1. The molecule has 1 aliphatic rings. The summed E-state index contributed by atoms with van der Waals surface area (Å²) in [6.07, 6.45) is 2.40. The molecule has 2 N–H and O–H groups in total. The van der Waals surface area contributed by atoms with Crippen molar-refractivity contribution in [3.05, 3.63) is 23.8 Å². The Morgan fingerprint density at radius 1 is 1.31 bits per heavy atom. The SMILES string of the molecule is COc1ccc(NC2CCNCC2)c(C)c1. The van der Waals surface area contributed by atoms with E-state index in [-0.39, 0.29) is 0 Å². The molecule has 1 aliphatic heterocycles. The third-order valence-electron chi connectivity index (χ3n) is 3.13. The molecule has 0 amide bonds. The fourth-order valence-corrected chi connectivity index (χ4v) is 2.11. The smallest absolute Gasteiger partial charge is 0.119 e.